The number of hydrogen-bond acceptors (Lipinski definition) is 3. The van der Waals surface area contributed by atoms with Gasteiger partial charge in [0.05, 0.1) is 17.0 Å². The van der Waals surface area contributed by atoms with Crippen molar-refractivity contribution in [3.8, 4) is 0 Å². The van der Waals surface area contributed by atoms with Crippen LogP contribution in [0.15, 0.2) is 53.5 Å². The number of aliphatic carboxylic acids is 1. The Morgan fingerprint density at radius 3 is 2.32 bits per heavy atom. The van der Waals surface area contributed by atoms with Gasteiger partial charge in [-0.2, -0.15) is 13.2 Å². The van der Waals surface area contributed by atoms with Crippen molar-refractivity contribution in [3.63, 3.8) is 0 Å². The Hall–Kier alpha value is -3.16. The van der Waals surface area contributed by atoms with Gasteiger partial charge in [0.1, 0.15) is 12.6 Å². The van der Waals surface area contributed by atoms with E-state index < -0.39 is 36.2 Å². The average molecular weight is 432 g/mol. The molecular formula is C23H23F3N2O3. The lowest BCUT2D eigenvalue weighted by molar-refractivity contribution is -0.138. The van der Waals surface area contributed by atoms with E-state index in [-0.39, 0.29) is 22.9 Å². The molecule has 1 heterocycles. The highest BCUT2D eigenvalue weighted by Gasteiger charge is 2.38. The molecule has 0 spiro atoms. The molecule has 164 valence electrons. The summed E-state index contributed by atoms with van der Waals surface area (Å²) in [6.07, 6.45) is -3.37. The number of fused-ring (bicyclic) bond motifs is 1. The van der Waals surface area contributed by atoms with Gasteiger partial charge in [-0.05, 0) is 24.1 Å². The van der Waals surface area contributed by atoms with Gasteiger partial charge in [-0.25, -0.2) is 0 Å². The number of carboxylic acid groups (broad SMARTS) is 1. The Kier molecular flexibility index (Phi) is 6.48. The molecule has 1 aliphatic rings. The van der Waals surface area contributed by atoms with Gasteiger partial charge >= 0.3 is 12.1 Å². The molecule has 2 aromatic carbocycles. The highest BCUT2D eigenvalue weighted by atomic mass is 19.4. The predicted molar refractivity (Wildman–Crippen MR) is 111 cm³/mol. The number of benzodiazepines with no additional fused rings is 1. The van der Waals surface area contributed by atoms with Gasteiger partial charge in [-0.3, -0.25) is 19.5 Å². The molecule has 5 nitrogen and oxygen atoms in total. The normalized spacial score (nSPS) is 16.7. The topological polar surface area (TPSA) is 70.0 Å². The molecule has 2 aromatic rings. The van der Waals surface area contributed by atoms with Crippen molar-refractivity contribution >= 4 is 23.3 Å². The maximum Gasteiger partial charge on any atom is 0.416 e. The molecule has 0 bridgehead atoms. The van der Waals surface area contributed by atoms with Crippen LogP contribution >= 0.6 is 0 Å². The fraction of sp³-hybridized carbons (Fsp3) is 0.348. The number of hydrogen-bond donors (Lipinski definition) is 1. The zero-order valence-corrected chi connectivity index (χ0v) is 17.2. The van der Waals surface area contributed by atoms with E-state index in [1.807, 2.05) is 13.8 Å². The maximum atomic E-state index is 13.5. The van der Waals surface area contributed by atoms with E-state index >= 15 is 0 Å². The number of nitrogens with zero attached hydrogens (tertiary/aromatic N) is 2. The molecule has 1 aliphatic heterocycles. The number of halogens is 3. The number of rotatable bonds is 6. The molecule has 3 rings (SSSR count). The first-order chi connectivity index (χ1) is 14.7. The van der Waals surface area contributed by atoms with Crippen LogP contribution in [0.4, 0.5) is 18.9 Å². The van der Waals surface area contributed by atoms with Gasteiger partial charge in [-0.1, -0.05) is 57.0 Å². The van der Waals surface area contributed by atoms with Gasteiger partial charge in [0.15, 0.2) is 0 Å². The summed E-state index contributed by atoms with van der Waals surface area (Å²) < 4.78 is 40.4. The third-order valence-corrected chi connectivity index (χ3v) is 5.49. The van der Waals surface area contributed by atoms with Gasteiger partial charge in [0.2, 0.25) is 0 Å². The Bertz CT molecular complexity index is 999. The van der Waals surface area contributed by atoms with Crippen molar-refractivity contribution in [1.82, 2.24) is 0 Å². The molecule has 0 radical (unpaired) electrons. The molecule has 8 heteroatoms. The second kappa shape index (κ2) is 8.91. The molecule has 0 aliphatic carbocycles. The largest absolute Gasteiger partial charge is 0.480 e. The Balaban J connectivity index is 2.33. The summed E-state index contributed by atoms with van der Waals surface area (Å²) in [7, 11) is 0. The lowest BCUT2D eigenvalue weighted by atomic mass is 9.93. The van der Waals surface area contributed by atoms with E-state index in [9.17, 15) is 27.9 Å². The van der Waals surface area contributed by atoms with Crippen LogP contribution in [0.3, 0.4) is 0 Å². The smallest absolute Gasteiger partial charge is 0.416 e. The van der Waals surface area contributed by atoms with Crippen LogP contribution in [0.25, 0.3) is 0 Å². The summed E-state index contributed by atoms with van der Waals surface area (Å²) in [5, 5.41) is 9.40. The lowest BCUT2D eigenvalue weighted by Crippen LogP contribution is -2.43. The van der Waals surface area contributed by atoms with E-state index in [4.69, 9.17) is 0 Å². The summed E-state index contributed by atoms with van der Waals surface area (Å²) in [4.78, 5) is 30.6. The maximum absolute atomic E-state index is 13.5. The van der Waals surface area contributed by atoms with Gasteiger partial charge in [0.25, 0.3) is 5.91 Å². The quantitative estimate of drug-likeness (QED) is 0.714. The minimum Gasteiger partial charge on any atom is -0.480 e. The predicted octanol–water partition coefficient (Wildman–Crippen LogP) is 4.78. The van der Waals surface area contributed by atoms with Gasteiger partial charge in [-0.15, -0.1) is 0 Å². The first-order valence-electron chi connectivity index (χ1n) is 10.0. The fourth-order valence-corrected chi connectivity index (χ4v) is 3.85. The van der Waals surface area contributed by atoms with Crippen molar-refractivity contribution in [2.45, 2.75) is 38.9 Å². The van der Waals surface area contributed by atoms with Crippen LogP contribution in [0.5, 0.6) is 0 Å². The zero-order chi connectivity index (χ0) is 22.8. The monoisotopic (exact) mass is 432 g/mol. The molecule has 1 N–H and O–H groups in total. The van der Waals surface area contributed by atoms with Gasteiger partial charge < -0.3 is 5.11 Å². The number of carboxylic acids is 1. The Morgan fingerprint density at radius 1 is 1.13 bits per heavy atom. The third-order valence-electron chi connectivity index (χ3n) is 5.49. The molecular weight excluding hydrogens is 409 g/mol. The Labute approximate surface area is 178 Å². The zero-order valence-electron chi connectivity index (χ0n) is 17.2. The average Bonchev–Trinajstić information content (AvgIpc) is 2.84. The van der Waals surface area contributed by atoms with Crippen LogP contribution < -0.4 is 4.90 Å². The lowest BCUT2D eigenvalue weighted by Gasteiger charge is -2.27. The molecule has 31 heavy (non-hydrogen) atoms. The first kappa shape index (κ1) is 22.5. The molecule has 0 aromatic heterocycles. The van der Waals surface area contributed by atoms with E-state index in [0.717, 1.165) is 23.1 Å². The van der Waals surface area contributed by atoms with Crippen molar-refractivity contribution in [1.29, 1.82) is 0 Å². The summed E-state index contributed by atoms with van der Waals surface area (Å²) in [6.45, 7) is 3.15. The SMILES string of the molecule is CCC(CC)[C@@H]1N=C(c2ccccc2)c2cc(C(F)(F)F)ccc2N(CC(=O)O)C1=O. The second-order valence-corrected chi connectivity index (χ2v) is 7.41. The molecule has 0 fully saturated rings. The van der Waals surface area contributed by atoms with Gasteiger partial charge in [0, 0.05) is 11.1 Å². The number of carbonyl (C=O) groups excluding carboxylic acids is 1. The van der Waals surface area contributed by atoms with Crippen molar-refractivity contribution < 1.29 is 27.9 Å². The fourth-order valence-electron chi connectivity index (χ4n) is 3.85. The molecule has 1 amide bonds. The van der Waals surface area contributed by atoms with Crippen LogP contribution in [0.2, 0.25) is 0 Å². The third kappa shape index (κ3) is 4.62. The molecule has 0 saturated heterocycles. The number of amides is 1. The van der Waals surface area contributed by atoms with Crippen molar-refractivity contribution in [3.05, 3.63) is 65.2 Å². The number of alkyl halides is 3. The van der Waals surface area contributed by atoms with Crippen LogP contribution in [0, 0.1) is 5.92 Å². The van der Waals surface area contributed by atoms with Crippen LogP contribution in [0.1, 0.15) is 43.4 Å². The highest BCUT2D eigenvalue weighted by molar-refractivity contribution is 6.20. The number of anilines is 1. The molecule has 0 saturated carbocycles. The standard InChI is InChI=1S/C23H23F3N2O3/c1-3-14(4-2)21-22(31)28(13-19(29)30)18-11-10-16(23(24,25)26)12-17(18)20(27-21)15-8-6-5-7-9-15/h5-12,14,21H,3-4,13H2,1-2H3,(H,29,30)/t21-/m0/s1. The summed E-state index contributed by atoms with van der Waals surface area (Å²) >= 11 is 0. The van der Waals surface area contributed by atoms with Crippen LogP contribution in [-0.2, 0) is 15.8 Å². The van der Waals surface area contributed by atoms with E-state index in [2.05, 4.69) is 4.99 Å². The summed E-state index contributed by atoms with van der Waals surface area (Å²) in [6, 6.07) is 10.7. The second-order valence-electron chi connectivity index (χ2n) is 7.41. The van der Waals surface area contributed by atoms with Crippen molar-refractivity contribution in [2.75, 3.05) is 11.4 Å². The van der Waals surface area contributed by atoms with Crippen LogP contribution in [-0.4, -0.2) is 35.3 Å². The van der Waals surface area contributed by atoms with E-state index in [0.29, 0.717) is 18.4 Å². The summed E-state index contributed by atoms with van der Waals surface area (Å²) in [5.74, 6) is -1.97. The number of benzene rings is 2. The minimum absolute atomic E-state index is 0.0871. The molecule has 1 atom stereocenters. The Morgan fingerprint density at radius 2 is 1.77 bits per heavy atom. The van der Waals surface area contributed by atoms with E-state index in [1.165, 1.54) is 0 Å². The minimum atomic E-state index is -4.60. The number of carbonyl (C=O) groups is 2. The first-order valence-corrected chi connectivity index (χ1v) is 10.0. The highest BCUT2D eigenvalue weighted by Crippen LogP contribution is 2.37. The summed E-state index contributed by atoms with van der Waals surface area (Å²) in [5.41, 5.74) is 0.114. The van der Waals surface area contributed by atoms with E-state index in [1.54, 1.807) is 30.3 Å². The number of aliphatic imine (C=N–C) groups is 1. The molecule has 0 unspecified atom stereocenters. The van der Waals surface area contributed by atoms with Crippen molar-refractivity contribution in [2.24, 2.45) is 10.9 Å².